The fraction of sp³-hybridized carbons (Fsp3) is 0.519. The first kappa shape index (κ1) is 25.3. The van der Waals surface area contributed by atoms with E-state index in [1.165, 1.54) is 0 Å². The molecule has 2 aromatic carbocycles. The van der Waals surface area contributed by atoms with Crippen LogP contribution in [0, 0.1) is 0 Å². The van der Waals surface area contributed by atoms with Crippen molar-refractivity contribution in [3.63, 3.8) is 0 Å². The lowest BCUT2D eigenvalue weighted by atomic mass is 9.98. The minimum absolute atomic E-state index is 0.0256. The minimum atomic E-state index is -0.825. The Morgan fingerprint density at radius 3 is 2.49 bits per heavy atom. The van der Waals surface area contributed by atoms with Gasteiger partial charge in [-0.2, -0.15) is 0 Å². The summed E-state index contributed by atoms with van der Waals surface area (Å²) in [6, 6.07) is 15.7. The van der Waals surface area contributed by atoms with Crippen LogP contribution >= 0.6 is 0 Å². The number of hydrogen-bond donors (Lipinski definition) is 2. The molecule has 0 aromatic heterocycles. The number of nitrogens with zero attached hydrogens (tertiary/aromatic N) is 2. The van der Waals surface area contributed by atoms with Gasteiger partial charge in [0.25, 0.3) is 5.91 Å². The summed E-state index contributed by atoms with van der Waals surface area (Å²) in [6.45, 7) is 5.14. The summed E-state index contributed by atoms with van der Waals surface area (Å²) in [5.41, 5.74) is 2.11. The Labute approximate surface area is 207 Å². The number of piperazine rings is 1. The van der Waals surface area contributed by atoms with Gasteiger partial charge in [-0.05, 0) is 49.1 Å². The van der Waals surface area contributed by atoms with Gasteiger partial charge in [0.2, 0.25) is 0 Å². The van der Waals surface area contributed by atoms with E-state index in [0.29, 0.717) is 13.0 Å². The van der Waals surface area contributed by atoms with E-state index < -0.39 is 12.2 Å². The van der Waals surface area contributed by atoms with Crippen LogP contribution in [0.3, 0.4) is 0 Å². The van der Waals surface area contributed by atoms with Crippen LogP contribution in [0.4, 0.5) is 5.69 Å². The van der Waals surface area contributed by atoms with E-state index in [1.807, 2.05) is 42.5 Å². The Bertz CT molecular complexity index is 946. The van der Waals surface area contributed by atoms with E-state index in [0.717, 1.165) is 68.3 Å². The average molecular weight is 484 g/mol. The molecule has 3 atom stereocenters. The molecule has 2 N–H and O–H groups in total. The smallest absolute Gasteiger partial charge is 0.252 e. The molecule has 8 heteroatoms. The van der Waals surface area contributed by atoms with Crippen molar-refractivity contribution in [2.24, 2.45) is 0 Å². The highest BCUT2D eigenvalue weighted by molar-refractivity contribution is 5.81. The number of hydrogen-bond acceptors (Lipinski definition) is 7. The van der Waals surface area contributed by atoms with Gasteiger partial charge < -0.3 is 29.5 Å². The summed E-state index contributed by atoms with van der Waals surface area (Å²) >= 11 is 0. The van der Waals surface area contributed by atoms with Crippen molar-refractivity contribution in [2.45, 2.75) is 44.1 Å². The lowest BCUT2D eigenvalue weighted by Crippen LogP contribution is -2.50. The second-order valence-electron chi connectivity index (χ2n) is 9.18. The van der Waals surface area contributed by atoms with Crippen LogP contribution in [-0.4, -0.2) is 81.2 Å². The molecule has 1 amide bonds. The number of carbonyl (C=O) groups is 1. The zero-order valence-corrected chi connectivity index (χ0v) is 20.7. The number of rotatable bonds is 9. The molecule has 2 heterocycles. The molecule has 0 radical (unpaired) electrons. The summed E-state index contributed by atoms with van der Waals surface area (Å²) in [4.78, 5) is 17.5. The van der Waals surface area contributed by atoms with Crippen LogP contribution in [0.2, 0.25) is 0 Å². The lowest BCUT2D eigenvalue weighted by Gasteiger charge is -2.38. The van der Waals surface area contributed by atoms with E-state index in [-0.39, 0.29) is 12.0 Å². The second-order valence-corrected chi connectivity index (χ2v) is 9.18. The van der Waals surface area contributed by atoms with E-state index in [1.54, 1.807) is 14.2 Å². The summed E-state index contributed by atoms with van der Waals surface area (Å²) < 4.78 is 16.7. The molecule has 35 heavy (non-hydrogen) atoms. The summed E-state index contributed by atoms with van der Waals surface area (Å²) in [6.07, 6.45) is 0.574. The van der Waals surface area contributed by atoms with E-state index >= 15 is 0 Å². The predicted octanol–water partition coefficient (Wildman–Crippen LogP) is 2.44. The zero-order valence-electron chi connectivity index (χ0n) is 20.7. The highest BCUT2D eigenvalue weighted by Gasteiger charge is 2.35. The molecular weight excluding hydrogens is 446 g/mol. The standard InChI is InChI=1S/C27H37N3O5/c1-33-21-9-7-20(8-10-21)19-28-27(32)26-24(31)12-11-22(35-26)13-14-29-15-17-30(18-16-29)23-5-3-4-6-25(23)34-2/h3-10,22,24,26,31H,11-19H2,1-2H3,(H,28,32)/t22-,24-,26+/m0/s1. The Hall–Kier alpha value is -2.81. The zero-order chi connectivity index (χ0) is 24.6. The maximum absolute atomic E-state index is 12.7. The van der Waals surface area contributed by atoms with Crippen LogP contribution in [0.5, 0.6) is 11.5 Å². The van der Waals surface area contributed by atoms with Crippen LogP contribution in [-0.2, 0) is 16.1 Å². The van der Waals surface area contributed by atoms with Gasteiger partial charge in [0.1, 0.15) is 11.5 Å². The van der Waals surface area contributed by atoms with Gasteiger partial charge in [-0.25, -0.2) is 0 Å². The first-order chi connectivity index (χ1) is 17.1. The molecule has 0 unspecified atom stereocenters. The van der Waals surface area contributed by atoms with Gasteiger partial charge in [0.15, 0.2) is 6.10 Å². The number of methoxy groups -OCH3 is 2. The normalized spacial score (nSPS) is 23.1. The van der Waals surface area contributed by atoms with Crippen molar-refractivity contribution in [2.75, 3.05) is 51.8 Å². The highest BCUT2D eigenvalue weighted by atomic mass is 16.5. The molecule has 2 saturated heterocycles. The third-order valence-electron chi connectivity index (χ3n) is 6.92. The van der Waals surface area contributed by atoms with Crippen molar-refractivity contribution >= 4 is 11.6 Å². The summed E-state index contributed by atoms with van der Waals surface area (Å²) in [5.74, 6) is 1.42. The Balaban J connectivity index is 1.21. The number of carbonyl (C=O) groups excluding carboxylic acids is 1. The third kappa shape index (κ3) is 6.66. The molecule has 2 aliphatic heterocycles. The number of benzene rings is 2. The van der Waals surface area contributed by atoms with E-state index in [9.17, 15) is 9.90 Å². The van der Waals surface area contributed by atoms with Crippen molar-refractivity contribution in [3.8, 4) is 11.5 Å². The molecule has 0 aliphatic carbocycles. The second kappa shape index (κ2) is 12.2. The molecule has 0 spiro atoms. The molecular formula is C27H37N3O5. The summed E-state index contributed by atoms with van der Waals surface area (Å²) in [7, 11) is 3.33. The minimum Gasteiger partial charge on any atom is -0.497 e. The number of anilines is 1. The van der Waals surface area contributed by atoms with Crippen LogP contribution in [0.1, 0.15) is 24.8 Å². The number of nitrogens with one attached hydrogen (secondary N) is 1. The van der Waals surface area contributed by atoms with Gasteiger partial charge in [-0.1, -0.05) is 24.3 Å². The number of amides is 1. The van der Waals surface area contributed by atoms with Crippen molar-refractivity contribution < 1.29 is 24.1 Å². The van der Waals surface area contributed by atoms with Crippen LogP contribution in [0.25, 0.3) is 0 Å². The maximum Gasteiger partial charge on any atom is 0.252 e. The van der Waals surface area contributed by atoms with Crippen molar-refractivity contribution in [1.29, 1.82) is 0 Å². The molecule has 2 aromatic rings. The Morgan fingerprint density at radius 2 is 1.77 bits per heavy atom. The molecule has 8 nitrogen and oxygen atoms in total. The van der Waals surface area contributed by atoms with E-state index in [2.05, 4.69) is 21.2 Å². The van der Waals surface area contributed by atoms with Gasteiger partial charge in [-0.3, -0.25) is 9.69 Å². The topological polar surface area (TPSA) is 83.5 Å². The SMILES string of the molecule is COc1ccc(CNC(=O)[C@@H]2O[C@H](CCN3CCN(c4ccccc4OC)CC3)CC[C@@H]2O)cc1. The highest BCUT2D eigenvalue weighted by Crippen LogP contribution is 2.28. The first-order valence-electron chi connectivity index (χ1n) is 12.4. The third-order valence-corrected chi connectivity index (χ3v) is 6.92. The number of aliphatic hydroxyl groups excluding tert-OH is 1. The lowest BCUT2D eigenvalue weighted by molar-refractivity contribution is -0.158. The van der Waals surface area contributed by atoms with E-state index in [4.69, 9.17) is 14.2 Å². The van der Waals surface area contributed by atoms with Gasteiger partial charge in [0.05, 0.1) is 32.1 Å². The maximum atomic E-state index is 12.7. The van der Waals surface area contributed by atoms with Crippen LogP contribution < -0.4 is 19.7 Å². The molecule has 2 fully saturated rings. The summed E-state index contributed by atoms with van der Waals surface area (Å²) in [5, 5.41) is 13.3. The van der Waals surface area contributed by atoms with Crippen molar-refractivity contribution in [3.05, 3.63) is 54.1 Å². The molecule has 4 rings (SSSR count). The quantitative estimate of drug-likeness (QED) is 0.567. The fourth-order valence-electron chi connectivity index (χ4n) is 4.79. The van der Waals surface area contributed by atoms with Gasteiger partial charge in [-0.15, -0.1) is 0 Å². The largest absolute Gasteiger partial charge is 0.497 e. The molecule has 190 valence electrons. The monoisotopic (exact) mass is 483 g/mol. The predicted molar refractivity (Wildman–Crippen MR) is 135 cm³/mol. The Kier molecular flexibility index (Phi) is 8.84. The van der Waals surface area contributed by atoms with Gasteiger partial charge in [0, 0.05) is 39.3 Å². The van der Waals surface area contributed by atoms with Crippen LogP contribution in [0.15, 0.2) is 48.5 Å². The number of para-hydroxylation sites is 2. The average Bonchev–Trinajstić information content (AvgIpc) is 2.91. The fourth-order valence-corrected chi connectivity index (χ4v) is 4.79. The van der Waals surface area contributed by atoms with Crippen molar-refractivity contribution in [1.82, 2.24) is 10.2 Å². The molecule has 0 bridgehead atoms. The number of aliphatic hydroxyl groups is 1. The molecule has 2 aliphatic rings. The first-order valence-corrected chi connectivity index (χ1v) is 12.4. The Morgan fingerprint density at radius 1 is 1.03 bits per heavy atom. The van der Waals surface area contributed by atoms with Gasteiger partial charge >= 0.3 is 0 Å². The molecule has 0 saturated carbocycles. The number of ether oxygens (including phenoxy) is 3.